The van der Waals surface area contributed by atoms with Crippen molar-refractivity contribution in [1.29, 1.82) is 5.26 Å². The van der Waals surface area contributed by atoms with E-state index >= 15 is 0 Å². The molecule has 0 bridgehead atoms. The van der Waals surface area contributed by atoms with Gasteiger partial charge >= 0.3 is 0 Å². The molecular formula is C11H13NO2. The SMILES string of the molecule is N#CCCCOc1ccc(CO)cc1. The molecule has 0 atom stereocenters. The van der Waals surface area contributed by atoms with E-state index in [9.17, 15) is 0 Å². The summed E-state index contributed by atoms with van der Waals surface area (Å²) in [5.74, 6) is 0.778. The topological polar surface area (TPSA) is 53.2 Å². The highest BCUT2D eigenvalue weighted by atomic mass is 16.5. The molecule has 1 aromatic carbocycles. The van der Waals surface area contributed by atoms with E-state index in [0.717, 1.165) is 17.7 Å². The van der Waals surface area contributed by atoms with Crippen molar-refractivity contribution in [3.05, 3.63) is 29.8 Å². The highest BCUT2D eigenvalue weighted by Gasteiger charge is 1.94. The van der Waals surface area contributed by atoms with Gasteiger partial charge in [-0.3, -0.25) is 0 Å². The van der Waals surface area contributed by atoms with Crippen LogP contribution in [0.1, 0.15) is 18.4 Å². The van der Waals surface area contributed by atoms with Crippen molar-refractivity contribution in [3.63, 3.8) is 0 Å². The molecule has 14 heavy (non-hydrogen) atoms. The summed E-state index contributed by atoms with van der Waals surface area (Å²) in [6, 6.07) is 9.33. The number of hydrogen-bond donors (Lipinski definition) is 1. The molecule has 0 aromatic heterocycles. The summed E-state index contributed by atoms with van der Waals surface area (Å²) in [5.41, 5.74) is 0.870. The van der Waals surface area contributed by atoms with Gasteiger partial charge in [0.15, 0.2) is 0 Å². The van der Waals surface area contributed by atoms with Crippen LogP contribution in [0.15, 0.2) is 24.3 Å². The molecule has 3 heteroatoms. The number of aliphatic hydroxyl groups is 1. The number of aliphatic hydroxyl groups excluding tert-OH is 1. The predicted molar refractivity (Wildman–Crippen MR) is 52.7 cm³/mol. The second kappa shape index (κ2) is 6.01. The van der Waals surface area contributed by atoms with Crippen LogP contribution < -0.4 is 4.74 Å². The van der Waals surface area contributed by atoms with Crippen molar-refractivity contribution in [2.45, 2.75) is 19.4 Å². The summed E-state index contributed by atoms with van der Waals surface area (Å²) in [6.45, 7) is 0.612. The minimum Gasteiger partial charge on any atom is -0.494 e. The quantitative estimate of drug-likeness (QED) is 0.723. The lowest BCUT2D eigenvalue weighted by Gasteiger charge is -2.04. The van der Waals surface area contributed by atoms with E-state index < -0.39 is 0 Å². The van der Waals surface area contributed by atoms with E-state index in [0.29, 0.717) is 13.0 Å². The summed E-state index contributed by atoms with van der Waals surface area (Å²) in [6.07, 6.45) is 1.27. The molecule has 0 saturated heterocycles. The Morgan fingerprint density at radius 3 is 2.57 bits per heavy atom. The van der Waals surface area contributed by atoms with E-state index in [2.05, 4.69) is 6.07 Å². The van der Waals surface area contributed by atoms with Gasteiger partial charge in [0, 0.05) is 6.42 Å². The predicted octanol–water partition coefficient (Wildman–Crippen LogP) is 1.86. The molecule has 0 spiro atoms. The van der Waals surface area contributed by atoms with Crippen LogP contribution in [0.2, 0.25) is 0 Å². The Kier molecular flexibility index (Phi) is 4.53. The number of ether oxygens (including phenoxy) is 1. The van der Waals surface area contributed by atoms with Crippen molar-refractivity contribution in [1.82, 2.24) is 0 Å². The van der Waals surface area contributed by atoms with Crippen LogP contribution in [0.5, 0.6) is 5.75 Å². The van der Waals surface area contributed by atoms with Crippen LogP contribution in [0.4, 0.5) is 0 Å². The molecule has 1 rings (SSSR count). The molecule has 0 fully saturated rings. The third-order valence-corrected chi connectivity index (χ3v) is 1.81. The second-order valence-corrected chi connectivity index (χ2v) is 2.91. The van der Waals surface area contributed by atoms with Crippen molar-refractivity contribution in [3.8, 4) is 11.8 Å². The van der Waals surface area contributed by atoms with Crippen LogP contribution in [0, 0.1) is 11.3 Å². The molecule has 0 saturated carbocycles. The van der Waals surface area contributed by atoms with E-state index in [4.69, 9.17) is 15.1 Å². The van der Waals surface area contributed by atoms with Crippen LogP contribution >= 0.6 is 0 Å². The second-order valence-electron chi connectivity index (χ2n) is 2.91. The van der Waals surface area contributed by atoms with Crippen LogP contribution in [-0.4, -0.2) is 11.7 Å². The molecule has 0 aliphatic rings. The maximum absolute atomic E-state index is 8.80. The van der Waals surface area contributed by atoms with Gasteiger partial charge in [-0.2, -0.15) is 5.26 Å². The highest BCUT2D eigenvalue weighted by Crippen LogP contribution is 2.12. The van der Waals surface area contributed by atoms with Gasteiger partial charge in [0.05, 0.1) is 19.3 Å². The zero-order valence-electron chi connectivity index (χ0n) is 7.94. The van der Waals surface area contributed by atoms with E-state index in [1.54, 1.807) is 0 Å². The average Bonchev–Trinajstić information content (AvgIpc) is 2.25. The zero-order chi connectivity index (χ0) is 10.2. The number of unbranched alkanes of at least 4 members (excludes halogenated alkanes) is 1. The van der Waals surface area contributed by atoms with Gasteiger partial charge in [-0.1, -0.05) is 12.1 Å². The Bertz CT molecular complexity index is 300. The molecule has 0 unspecified atom stereocenters. The fourth-order valence-electron chi connectivity index (χ4n) is 1.03. The van der Waals surface area contributed by atoms with Gasteiger partial charge in [-0.15, -0.1) is 0 Å². The smallest absolute Gasteiger partial charge is 0.119 e. The normalized spacial score (nSPS) is 9.43. The first-order chi connectivity index (χ1) is 6.86. The minimum absolute atomic E-state index is 0.0503. The Morgan fingerprint density at radius 2 is 2.00 bits per heavy atom. The highest BCUT2D eigenvalue weighted by molar-refractivity contribution is 5.26. The van der Waals surface area contributed by atoms with Crippen molar-refractivity contribution in [2.75, 3.05) is 6.61 Å². The summed E-state index contributed by atoms with van der Waals surface area (Å²) >= 11 is 0. The van der Waals surface area contributed by atoms with Crippen molar-refractivity contribution in [2.24, 2.45) is 0 Å². The first-order valence-electron chi connectivity index (χ1n) is 4.56. The molecular weight excluding hydrogens is 178 g/mol. The minimum atomic E-state index is 0.0503. The molecule has 0 aliphatic carbocycles. The lowest BCUT2D eigenvalue weighted by Crippen LogP contribution is -1.96. The van der Waals surface area contributed by atoms with E-state index in [1.165, 1.54) is 0 Å². The fraction of sp³-hybridized carbons (Fsp3) is 0.364. The third kappa shape index (κ3) is 3.46. The van der Waals surface area contributed by atoms with Gasteiger partial charge in [-0.25, -0.2) is 0 Å². The van der Waals surface area contributed by atoms with E-state index in [-0.39, 0.29) is 6.61 Å². The molecule has 1 N–H and O–H groups in total. The monoisotopic (exact) mass is 191 g/mol. The molecule has 1 aromatic rings. The number of hydrogen-bond acceptors (Lipinski definition) is 3. The zero-order valence-corrected chi connectivity index (χ0v) is 7.94. The Balaban J connectivity index is 2.33. The Morgan fingerprint density at radius 1 is 1.29 bits per heavy atom. The first-order valence-corrected chi connectivity index (χ1v) is 4.56. The first kappa shape index (κ1) is 10.6. The number of nitriles is 1. The Labute approximate surface area is 83.6 Å². The third-order valence-electron chi connectivity index (χ3n) is 1.81. The average molecular weight is 191 g/mol. The summed E-state index contributed by atoms with van der Waals surface area (Å²) in [4.78, 5) is 0. The summed E-state index contributed by atoms with van der Waals surface area (Å²) in [7, 11) is 0. The molecule has 0 aliphatic heterocycles. The number of benzene rings is 1. The maximum atomic E-state index is 8.80. The lowest BCUT2D eigenvalue weighted by molar-refractivity contribution is 0.281. The van der Waals surface area contributed by atoms with Gasteiger partial charge < -0.3 is 9.84 Å². The fourth-order valence-corrected chi connectivity index (χ4v) is 1.03. The van der Waals surface area contributed by atoms with Crippen molar-refractivity contribution >= 4 is 0 Å². The molecule has 0 heterocycles. The lowest BCUT2D eigenvalue weighted by atomic mass is 10.2. The Hall–Kier alpha value is -1.53. The molecule has 3 nitrogen and oxygen atoms in total. The summed E-state index contributed by atoms with van der Waals surface area (Å²) in [5, 5.41) is 17.1. The largest absolute Gasteiger partial charge is 0.494 e. The standard InChI is InChI=1S/C11H13NO2/c12-7-1-2-8-14-11-5-3-10(9-13)4-6-11/h3-6,13H,1-2,8-9H2. The van der Waals surface area contributed by atoms with Crippen LogP contribution in [0.25, 0.3) is 0 Å². The van der Waals surface area contributed by atoms with Crippen LogP contribution in [0.3, 0.4) is 0 Å². The van der Waals surface area contributed by atoms with Gasteiger partial charge in [0.2, 0.25) is 0 Å². The molecule has 0 amide bonds. The number of nitrogens with zero attached hydrogens (tertiary/aromatic N) is 1. The maximum Gasteiger partial charge on any atom is 0.119 e. The van der Waals surface area contributed by atoms with E-state index in [1.807, 2.05) is 24.3 Å². The number of rotatable bonds is 5. The molecule has 74 valence electrons. The van der Waals surface area contributed by atoms with Gasteiger partial charge in [-0.05, 0) is 24.1 Å². The van der Waals surface area contributed by atoms with Gasteiger partial charge in [0.25, 0.3) is 0 Å². The van der Waals surface area contributed by atoms with Gasteiger partial charge in [0.1, 0.15) is 5.75 Å². The molecule has 0 radical (unpaired) electrons. The summed E-state index contributed by atoms with van der Waals surface area (Å²) < 4.78 is 5.37. The van der Waals surface area contributed by atoms with Crippen LogP contribution in [-0.2, 0) is 6.61 Å². The van der Waals surface area contributed by atoms with Crippen molar-refractivity contribution < 1.29 is 9.84 Å².